The van der Waals surface area contributed by atoms with Gasteiger partial charge >= 0.3 is 6.09 Å². The molecule has 0 saturated carbocycles. The van der Waals surface area contributed by atoms with Crippen LogP contribution < -0.4 is 5.32 Å². The van der Waals surface area contributed by atoms with E-state index in [1.807, 2.05) is 30.3 Å². The molecule has 0 bridgehead atoms. The van der Waals surface area contributed by atoms with Crippen molar-refractivity contribution in [3.8, 4) is 23.0 Å². The van der Waals surface area contributed by atoms with E-state index in [-0.39, 0.29) is 12.5 Å². The molecule has 0 spiro atoms. The highest BCUT2D eigenvalue weighted by Crippen LogP contribution is 2.23. The zero-order valence-electron chi connectivity index (χ0n) is 16.7. The molecular formula is C24H26N2O3. The lowest BCUT2D eigenvalue weighted by Crippen LogP contribution is -2.40. The number of carbonyl (C=O) groups is 2. The predicted molar refractivity (Wildman–Crippen MR) is 113 cm³/mol. The van der Waals surface area contributed by atoms with Crippen molar-refractivity contribution >= 4 is 12.0 Å². The number of rotatable bonds is 4. The van der Waals surface area contributed by atoms with Gasteiger partial charge in [-0.2, -0.15) is 0 Å². The lowest BCUT2D eigenvalue weighted by molar-refractivity contribution is -0.123. The summed E-state index contributed by atoms with van der Waals surface area (Å²) >= 11 is 0. The molecule has 29 heavy (non-hydrogen) atoms. The van der Waals surface area contributed by atoms with E-state index in [1.165, 1.54) is 12.6 Å². The minimum atomic E-state index is -0.421. The van der Waals surface area contributed by atoms with Crippen LogP contribution in [0.4, 0.5) is 4.79 Å². The van der Waals surface area contributed by atoms with E-state index in [1.54, 1.807) is 4.90 Å². The van der Waals surface area contributed by atoms with Crippen LogP contribution in [0.3, 0.4) is 0 Å². The van der Waals surface area contributed by atoms with Crippen LogP contribution in [0.15, 0.2) is 54.6 Å². The molecule has 0 aliphatic carbocycles. The zero-order chi connectivity index (χ0) is 20.5. The SMILES string of the molecule is CNC(=O)COC(=O)N1CCC(CC#Cc2ccccc2-c2ccccc2)CC1. The van der Waals surface area contributed by atoms with Crippen molar-refractivity contribution in [2.45, 2.75) is 19.3 Å². The number of carbonyl (C=O) groups excluding carboxylic acids is 2. The fraction of sp³-hybridized carbons (Fsp3) is 0.333. The normalized spacial score (nSPS) is 13.9. The summed E-state index contributed by atoms with van der Waals surface area (Å²) in [5, 5.41) is 2.43. The summed E-state index contributed by atoms with van der Waals surface area (Å²) in [5.41, 5.74) is 3.35. The van der Waals surface area contributed by atoms with Crippen LogP contribution >= 0.6 is 0 Å². The van der Waals surface area contributed by atoms with Crippen molar-refractivity contribution in [2.24, 2.45) is 5.92 Å². The number of nitrogens with one attached hydrogen (secondary N) is 1. The number of amides is 2. The lowest BCUT2D eigenvalue weighted by atomic mass is 9.93. The summed E-state index contributed by atoms with van der Waals surface area (Å²) in [6.45, 7) is 1.04. The summed E-state index contributed by atoms with van der Waals surface area (Å²) in [6, 6.07) is 18.5. The van der Waals surface area contributed by atoms with Crippen molar-refractivity contribution < 1.29 is 14.3 Å². The molecule has 2 aromatic rings. The number of nitrogens with zero attached hydrogens (tertiary/aromatic N) is 1. The van der Waals surface area contributed by atoms with Gasteiger partial charge in [-0.05, 0) is 36.0 Å². The van der Waals surface area contributed by atoms with Gasteiger partial charge in [-0.3, -0.25) is 4.79 Å². The Morgan fingerprint density at radius 1 is 1.07 bits per heavy atom. The molecule has 0 aromatic heterocycles. The molecule has 5 nitrogen and oxygen atoms in total. The van der Waals surface area contributed by atoms with Gasteiger partial charge < -0.3 is 15.0 Å². The van der Waals surface area contributed by atoms with E-state index in [0.29, 0.717) is 19.0 Å². The number of piperidine rings is 1. The van der Waals surface area contributed by atoms with Gasteiger partial charge in [-0.25, -0.2) is 4.79 Å². The smallest absolute Gasteiger partial charge is 0.410 e. The fourth-order valence-corrected chi connectivity index (χ4v) is 3.36. The second-order valence-electron chi connectivity index (χ2n) is 7.08. The Bertz CT molecular complexity index is 891. The van der Waals surface area contributed by atoms with Crippen molar-refractivity contribution in [3.63, 3.8) is 0 Å². The summed E-state index contributed by atoms with van der Waals surface area (Å²) < 4.78 is 5.01. The van der Waals surface area contributed by atoms with Gasteiger partial charge in [-0.15, -0.1) is 0 Å². The van der Waals surface area contributed by atoms with Crippen LogP contribution in [0.5, 0.6) is 0 Å². The Labute approximate surface area is 172 Å². The van der Waals surface area contributed by atoms with Gasteiger partial charge in [0.2, 0.25) is 0 Å². The van der Waals surface area contributed by atoms with Gasteiger partial charge in [0.05, 0.1) is 0 Å². The maximum absolute atomic E-state index is 12.0. The average molecular weight is 390 g/mol. The molecular weight excluding hydrogens is 364 g/mol. The van der Waals surface area contributed by atoms with Gasteiger partial charge in [0.25, 0.3) is 5.91 Å². The largest absolute Gasteiger partial charge is 0.439 e. The molecule has 1 N–H and O–H groups in total. The first-order valence-corrected chi connectivity index (χ1v) is 9.93. The number of benzene rings is 2. The number of hydrogen-bond acceptors (Lipinski definition) is 3. The van der Waals surface area contributed by atoms with Gasteiger partial charge in [-0.1, -0.05) is 60.4 Å². The Balaban J connectivity index is 1.52. The summed E-state index contributed by atoms with van der Waals surface area (Å²) in [4.78, 5) is 24.8. The van der Waals surface area contributed by atoms with Gasteiger partial charge in [0, 0.05) is 32.1 Å². The van der Waals surface area contributed by atoms with Crippen LogP contribution in [0, 0.1) is 17.8 Å². The van der Waals surface area contributed by atoms with E-state index in [9.17, 15) is 9.59 Å². The molecule has 2 amide bonds. The second kappa shape index (κ2) is 10.3. The molecule has 0 unspecified atom stereocenters. The summed E-state index contributed by atoms with van der Waals surface area (Å²) in [7, 11) is 1.51. The van der Waals surface area contributed by atoms with E-state index in [2.05, 4.69) is 41.4 Å². The highest BCUT2D eigenvalue weighted by atomic mass is 16.6. The molecule has 2 aromatic carbocycles. The monoisotopic (exact) mass is 390 g/mol. The third-order valence-electron chi connectivity index (χ3n) is 5.10. The van der Waals surface area contributed by atoms with E-state index >= 15 is 0 Å². The molecule has 1 saturated heterocycles. The minimum absolute atomic E-state index is 0.235. The van der Waals surface area contributed by atoms with Crippen molar-refractivity contribution in [1.82, 2.24) is 10.2 Å². The van der Waals surface area contributed by atoms with Crippen molar-refractivity contribution in [3.05, 3.63) is 60.2 Å². The van der Waals surface area contributed by atoms with Crippen LogP contribution in [0.25, 0.3) is 11.1 Å². The van der Waals surface area contributed by atoms with Gasteiger partial charge in [0.1, 0.15) is 0 Å². The van der Waals surface area contributed by atoms with Gasteiger partial charge in [0.15, 0.2) is 6.61 Å². The van der Waals surface area contributed by atoms with E-state index in [4.69, 9.17) is 4.74 Å². The van der Waals surface area contributed by atoms with E-state index in [0.717, 1.165) is 30.4 Å². The molecule has 150 valence electrons. The first-order chi connectivity index (χ1) is 14.2. The minimum Gasteiger partial charge on any atom is -0.439 e. The highest BCUT2D eigenvalue weighted by Gasteiger charge is 2.23. The number of likely N-dealkylation sites (tertiary alicyclic amines) is 1. The Morgan fingerprint density at radius 3 is 2.48 bits per heavy atom. The molecule has 1 aliphatic heterocycles. The molecule has 1 heterocycles. The summed E-state index contributed by atoms with van der Waals surface area (Å²) in [5.74, 6) is 6.83. The first kappa shape index (κ1) is 20.5. The van der Waals surface area contributed by atoms with Crippen molar-refractivity contribution in [1.29, 1.82) is 0 Å². The summed E-state index contributed by atoms with van der Waals surface area (Å²) in [6.07, 6.45) is 2.17. The standard InChI is InChI=1S/C24H26N2O3/c1-25-23(27)18-29-24(28)26-16-14-19(15-17-26)8-7-12-21-11-5-6-13-22(21)20-9-3-2-4-10-20/h2-6,9-11,13,19H,8,14-18H2,1H3,(H,25,27). The fourth-order valence-electron chi connectivity index (χ4n) is 3.36. The Kier molecular flexibility index (Phi) is 7.29. The third kappa shape index (κ3) is 5.86. The topological polar surface area (TPSA) is 58.6 Å². The van der Waals surface area contributed by atoms with Crippen LogP contribution in [0.2, 0.25) is 0 Å². The zero-order valence-corrected chi connectivity index (χ0v) is 16.7. The van der Waals surface area contributed by atoms with E-state index < -0.39 is 6.09 Å². The Hall–Kier alpha value is -3.26. The second-order valence-corrected chi connectivity index (χ2v) is 7.08. The number of hydrogen-bond donors (Lipinski definition) is 1. The third-order valence-corrected chi connectivity index (χ3v) is 5.10. The lowest BCUT2D eigenvalue weighted by Gasteiger charge is -2.30. The average Bonchev–Trinajstić information content (AvgIpc) is 2.78. The molecule has 1 aliphatic rings. The Morgan fingerprint density at radius 2 is 1.76 bits per heavy atom. The molecule has 0 radical (unpaired) electrons. The maximum Gasteiger partial charge on any atom is 0.410 e. The number of ether oxygens (including phenoxy) is 1. The number of likely N-dealkylation sites (N-methyl/N-ethyl adjacent to an activating group) is 1. The highest BCUT2D eigenvalue weighted by molar-refractivity contribution is 5.79. The molecule has 1 fully saturated rings. The van der Waals surface area contributed by atoms with Crippen LogP contribution in [-0.4, -0.2) is 43.6 Å². The molecule has 3 rings (SSSR count). The first-order valence-electron chi connectivity index (χ1n) is 9.93. The molecule has 0 atom stereocenters. The van der Waals surface area contributed by atoms with Crippen LogP contribution in [0.1, 0.15) is 24.8 Å². The van der Waals surface area contributed by atoms with Crippen molar-refractivity contribution in [2.75, 3.05) is 26.7 Å². The van der Waals surface area contributed by atoms with Crippen LogP contribution in [-0.2, 0) is 9.53 Å². The molecule has 5 heteroatoms. The quantitative estimate of drug-likeness (QED) is 0.810. The maximum atomic E-state index is 12.0. The predicted octanol–water partition coefficient (Wildman–Crippen LogP) is 3.69.